The molecule has 1 N–H and O–H groups in total. The Bertz CT molecular complexity index is 152. The number of aliphatic hydroxyl groups excluding tert-OH is 1. The Balaban J connectivity index is 1.96. The molecule has 1 fully saturated rings. The molecule has 2 nitrogen and oxygen atoms in total. The van der Waals surface area contributed by atoms with E-state index in [2.05, 4.69) is 25.7 Å². The molecule has 0 aromatic carbocycles. The molecule has 1 atom stereocenters. The molecule has 14 heavy (non-hydrogen) atoms. The lowest BCUT2D eigenvalue weighted by Crippen LogP contribution is -2.49. The molecule has 0 amide bonds. The molecule has 1 rings (SSSR count). The van der Waals surface area contributed by atoms with Gasteiger partial charge in [-0.2, -0.15) is 0 Å². The standard InChI is InChI=1S/C12H25NO/c1-10(2)12-7-13(8-12)6-4-5-11(3)9-14/h10-12,14H,4-9H2,1-3H3. The van der Waals surface area contributed by atoms with Crippen molar-refractivity contribution in [2.45, 2.75) is 33.6 Å². The van der Waals surface area contributed by atoms with E-state index < -0.39 is 0 Å². The quantitative estimate of drug-likeness (QED) is 0.707. The number of hydrogen-bond acceptors (Lipinski definition) is 2. The Morgan fingerprint density at radius 3 is 2.43 bits per heavy atom. The van der Waals surface area contributed by atoms with Gasteiger partial charge in [0.05, 0.1) is 0 Å². The number of nitrogens with zero attached hydrogens (tertiary/aromatic N) is 1. The fraction of sp³-hybridized carbons (Fsp3) is 1.00. The van der Waals surface area contributed by atoms with E-state index in [0.29, 0.717) is 12.5 Å². The topological polar surface area (TPSA) is 23.5 Å². The first-order valence-corrected chi connectivity index (χ1v) is 5.96. The van der Waals surface area contributed by atoms with Gasteiger partial charge in [0, 0.05) is 19.7 Å². The van der Waals surface area contributed by atoms with Crippen molar-refractivity contribution >= 4 is 0 Å². The highest BCUT2D eigenvalue weighted by atomic mass is 16.3. The summed E-state index contributed by atoms with van der Waals surface area (Å²) in [7, 11) is 0. The van der Waals surface area contributed by atoms with Crippen molar-refractivity contribution < 1.29 is 5.11 Å². The van der Waals surface area contributed by atoms with Crippen LogP contribution in [-0.4, -0.2) is 36.2 Å². The summed E-state index contributed by atoms with van der Waals surface area (Å²) in [6, 6.07) is 0. The Kier molecular flexibility index (Phi) is 4.90. The highest BCUT2D eigenvalue weighted by Gasteiger charge is 2.28. The molecule has 0 spiro atoms. The van der Waals surface area contributed by atoms with Gasteiger partial charge in [0.15, 0.2) is 0 Å². The number of likely N-dealkylation sites (tertiary alicyclic amines) is 1. The fourth-order valence-corrected chi connectivity index (χ4v) is 1.97. The number of hydrogen-bond donors (Lipinski definition) is 1. The van der Waals surface area contributed by atoms with Crippen LogP contribution in [0.5, 0.6) is 0 Å². The van der Waals surface area contributed by atoms with Crippen LogP contribution in [0.3, 0.4) is 0 Å². The van der Waals surface area contributed by atoms with Gasteiger partial charge in [-0.1, -0.05) is 20.8 Å². The summed E-state index contributed by atoms with van der Waals surface area (Å²) in [4.78, 5) is 2.54. The fourth-order valence-electron chi connectivity index (χ4n) is 1.97. The molecule has 1 heterocycles. The van der Waals surface area contributed by atoms with E-state index in [0.717, 1.165) is 11.8 Å². The molecule has 0 aromatic heterocycles. The second kappa shape index (κ2) is 5.72. The Hall–Kier alpha value is -0.0800. The van der Waals surface area contributed by atoms with Crippen LogP contribution in [0.25, 0.3) is 0 Å². The van der Waals surface area contributed by atoms with Crippen molar-refractivity contribution in [2.75, 3.05) is 26.2 Å². The minimum Gasteiger partial charge on any atom is -0.396 e. The van der Waals surface area contributed by atoms with E-state index in [1.54, 1.807) is 0 Å². The predicted molar refractivity (Wildman–Crippen MR) is 60.3 cm³/mol. The van der Waals surface area contributed by atoms with Crippen LogP contribution in [0.15, 0.2) is 0 Å². The lowest BCUT2D eigenvalue weighted by molar-refractivity contribution is 0.0651. The van der Waals surface area contributed by atoms with Crippen molar-refractivity contribution in [3.8, 4) is 0 Å². The lowest BCUT2D eigenvalue weighted by atomic mass is 9.88. The minimum atomic E-state index is 0.342. The number of rotatable bonds is 6. The molecule has 0 radical (unpaired) electrons. The van der Waals surface area contributed by atoms with Crippen LogP contribution in [0.1, 0.15) is 33.6 Å². The average molecular weight is 199 g/mol. The molecule has 0 bridgehead atoms. The zero-order chi connectivity index (χ0) is 10.6. The second-order valence-corrected chi connectivity index (χ2v) is 5.19. The SMILES string of the molecule is CC(CO)CCCN1CC(C(C)C)C1. The maximum absolute atomic E-state index is 8.87. The van der Waals surface area contributed by atoms with E-state index in [1.165, 1.54) is 32.5 Å². The monoisotopic (exact) mass is 199 g/mol. The van der Waals surface area contributed by atoms with Crippen LogP contribution >= 0.6 is 0 Å². The van der Waals surface area contributed by atoms with Crippen LogP contribution in [0, 0.1) is 17.8 Å². The molecule has 1 aliphatic rings. The van der Waals surface area contributed by atoms with Gasteiger partial charge < -0.3 is 10.0 Å². The summed E-state index contributed by atoms with van der Waals surface area (Å²) in [6.45, 7) is 10.9. The smallest absolute Gasteiger partial charge is 0.0456 e. The number of aliphatic hydroxyl groups is 1. The maximum atomic E-state index is 8.87. The van der Waals surface area contributed by atoms with E-state index >= 15 is 0 Å². The third-order valence-corrected chi connectivity index (χ3v) is 3.41. The first-order valence-electron chi connectivity index (χ1n) is 5.96. The molecule has 1 saturated heterocycles. The van der Waals surface area contributed by atoms with Crippen molar-refractivity contribution in [1.29, 1.82) is 0 Å². The summed E-state index contributed by atoms with van der Waals surface area (Å²) in [6.07, 6.45) is 2.41. The normalized spacial score (nSPS) is 21.2. The minimum absolute atomic E-state index is 0.342. The van der Waals surface area contributed by atoms with Gasteiger partial charge in [0.1, 0.15) is 0 Å². The van der Waals surface area contributed by atoms with Crippen LogP contribution < -0.4 is 0 Å². The first-order chi connectivity index (χ1) is 6.63. The zero-order valence-corrected chi connectivity index (χ0v) is 9.87. The second-order valence-electron chi connectivity index (χ2n) is 5.19. The summed E-state index contributed by atoms with van der Waals surface area (Å²) in [5.74, 6) is 2.27. The van der Waals surface area contributed by atoms with Gasteiger partial charge in [-0.25, -0.2) is 0 Å². The molecule has 1 aliphatic heterocycles. The molecule has 0 aromatic rings. The molecule has 0 aliphatic carbocycles. The highest BCUT2D eigenvalue weighted by molar-refractivity contribution is 4.81. The van der Waals surface area contributed by atoms with Crippen molar-refractivity contribution in [3.05, 3.63) is 0 Å². The van der Waals surface area contributed by atoms with Gasteiger partial charge in [-0.3, -0.25) is 0 Å². The van der Waals surface area contributed by atoms with Gasteiger partial charge in [-0.05, 0) is 37.1 Å². The van der Waals surface area contributed by atoms with E-state index in [1.807, 2.05) is 0 Å². The summed E-state index contributed by atoms with van der Waals surface area (Å²) in [5.41, 5.74) is 0. The largest absolute Gasteiger partial charge is 0.396 e. The Labute approximate surface area is 88.3 Å². The van der Waals surface area contributed by atoms with Crippen molar-refractivity contribution in [2.24, 2.45) is 17.8 Å². The zero-order valence-electron chi connectivity index (χ0n) is 9.87. The Morgan fingerprint density at radius 2 is 1.93 bits per heavy atom. The van der Waals surface area contributed by atoms with Gasteiger partial charge in [0.25, 0.3) is 0 Å². The Morgan fingerprint density at radius 1 is 1.29 bits per heavy atom. The van der Waals surface area contributed by atoms with Crippen LogP contribution in [0.2, 0.25) is 0 Å². The van der Waals surface area contributed by atoms with Gasteiger partial charge in [-0.15, -0.1) is 0 Å². The van der Waals surface area contributed by atoms with Crippen LogP contribution in [-0.2, 0) is 0 Å². The summed E-state index contributed by atoms with van der Waals surface area (Å²) in [5, 5.41) is 8.87. The van der Waals surface area contributed by atoms with Crippen molar-refractivity contribution in [1.82, 2.24) is 4.90 Å². The predicted octanol–water partition coefficient (Wildman–Crippen LogP) is 1.98. The first kappa shape index (κ1) is 12.0. The highest BCUT2D eigenvalue weighted by Crippen LogP contribution is 2.23. The van der Waals surface area contributed by atoms with Crippen molar-refractivity contribution in [3.63, 3.8) is 0 Å². The molecule has 0 saturated carbocycles. The van der Waals surface area contributed by atoms with E-state index in [4.69, 9.17) is 5.11 Å². The van der Waals surface area contributed by atoms with E-state index in [-0.39, 0.29) is 0 Å². The van der Waals surface area contributed by atoms with Gasteiger partial charge in [0.2, 0.25) is 0 Å². The molecule has 84 valence electrons. The molecule has 2 heteroatoms. The third kappa shape index (κ3) is 3.58. The third-order valence-electron chi connectivity index (χ3n) is 3.41. The molecular weight excluding hydrogens is 174 g/mol. The van der Waals surface area contributed by atoms with E-state index in [9.17, 15) is 0 Å². The summed E-state index contributed by atoms with van der Waals surface area (Å²) >= 11 is 0. The lowest BCUT2D eigenvalue weighted by Gasteiger charge is -2.41. The molecular formula is C12H25NO. The van der Waals surface area contributed by atoms with Crippen LogP contribution in [0.4, 0.5) is 0 Å². The molecule has 1 unspecified atom stereocenters. The maximum Gasteiger partial charge on any atom is 0.0456 e. The summed E-state index contributed by atoms with van der Waals surface area (Å²) < 4.78 is 0. The average Bonchev–Trinajstić information content (AvgIpc) is 2.07. The van der Waals surface area contributed by atoms with Gasteiger partial charge >= 0.3 is 0 Å².